The van der Waals surface area contributed by atoms with Crippen molar-refractivity contribution < 1.29 is 9.72 Å². The van der Waals surface area contributed by atoms with E-state index in [0.29, 0.717) is 24.2 Å². The Labute approximate surface area is 160 Å². The van der Waals surface area contributed by atoms with E-state index in [1.54, 1.807) is 29.3 Å². The number of rotatable bonds is 4. The van der Waals surface area contributed by atoms with Crippen LogP contribution in [0, 0.1) is 10.1 Å². The number of carbonyl (C=O) groups is 1. The number of nitro groups is 1. The Morgan fingerprint density at radius 1 is 1.11 bits per heavy atom. The summed E-state index contributed by atoms with van der Waals surface area (Å²) in [5.74, 6) is -0.149. The van der Waals surface area contributed by atoms with Crippen LogP contribution in [-0.4, -0.2) is 22.4 Å². The van der Waals surface area contributed by atoms with Gasteiger partial charge in [-0.1, -0.05) is 23.9 Å². The number of fused-ring (bicyclic) bond motifs is 1. The lowest BCUT2D eigenvalue weighted by molar-refractivity contribution is -0.384. The number of pyridine rings is 1. The van der Waals surface area contributed by atoms with Crippen LogP contribution in [0.4, 0.5) is 11.4 Å². The normalized spacial score (nSPS) is 12.7. The first-order valence-electron chi connectivity index (χ1n) is 8.40. The summed E-state index contributed by atoms with van der Waals surface area (Å²) in [6.45, 7) is 0.528. The van der Waals surface area contributed by atoms with Crippen molar-refractivity contribution in [2.75, 3.05) is 11.4 Å². The Morgan fingerprint density at radius 3 is 2.63 bits per heavy atom. The molecule has 0 radical (unpaired) electrons. The van der Waals surface area contributed by atoms with Gasteiger partial charge in [-0.05, 0) is 48.4 Å². The lowest BCUT2D eigenvalue weighted by Crippen LogP contribution is -2.28. The fourth-order valence-electron chi connectivity index (χ4n) is 3.04. The number of carbonyl (C=O) groups excluding carboxylic acids is 1. The number of nitro benzene ring substituents is 1. The Morgan fingerprint density at radius 2 is 1.93 bits per heavy atom. The molecule has 1 aliphatic rings. The van der Waals surface area contributed by atoms with E-state index in [4.69, 9.17) is 0 Å². The van der Waals surface area contributed by atoms with Gasteiger partial charge in [0.2, 0.25) is 0 Å². The van der Waals surface area contributed by atoms with Crippen molar-refractivity contribution in [2.45, 2.75) is 16.3 Å². The van der Waals surface area contributed by atoms with Crippen molar-refractivity contribution >= 4 is 29.0 Å². The average molecular weight is 377 g/mol. The zero-order chi connectivity index (χ0) is 18.8. The molecule has 0 N–H and O–H groups in total. The topological polar surface area (TPSA) is 76.3 Å². The molecule has 6 nitrogen and oxygen atoms in total. The number of hydrogen-bond acceptors (Lipinski definition) is 5. The number of anilines is 1. The maximum atomic E-state index is 12.9. The highest BCUT2D eigenvalue weighted by molar-refractivity contribution is 7.99. The van der Waals surface area contributed by atoms with Crippen molar-refractivity contribution in [3.63, 3.8) is 0 Å². The second-order valence-electron chi connectivity index (χ2n) is 6.07. The molecule has 0 bridgehead atoms. The largest absolute Gasteiger partial charge is 0.308 e. The summed E-state index contributed by atoms with van der Waals surface area (Å²) in [5, 5.41) is 11.9. The summed E-state index contributed by atoms with van der Waals surface area (Å²) in [4.78, 5) is 30.4. The van der Waals surface area contributed by atoms with Gasteiger partial charge in [-0.25, -0.2) is 4.98 Å². The predicted octanol–water partition coefficient (Wildman–Crippen LogP) is 4.34. The maximum Gasteiger partial charge on any atom is 0.271 e. The molecule has 0 fully saturated rings. The molecule has 0 atom stereocenters. The molecule has 0 unspecified atom stereocenters. The molecule has 3 aromatic rings. The van der Waals surface area contributed by atoms with Gasteiger partial charge in [0.25, 0.3) is 11.6 Å². The molecular weight excluding hydrogens is 362 g/mol. The standard InChI is InChI=1S/C20H15N3O3S/c24-20(22-12-10-14-4-7-16(23(25)26)13-18(14)22)15-5-8-17(9-6-15)27-19-3-1-2-11-21-19/h1-9,11,13H,10,12H2. The van der Waals surface area contributed by atoms with Crippen LogP contribution in [-0.2, 0) is 6.42 Å². The summed E-state index contributed by atoms with van der Waals surface area (Å²) >= 11 is 1.52. The fraction of sp³-hybridized carbons (Fsp3) is 0.100. The van der Waals surface area contributed by atoms with Crippen LogP contribution < -0.4 is 4.90 Å². The average Bonchev–Trinajstić information content (AvgIpc) is 3.12. The smallest absolute Gasteiger partial charge is 0.271 e. The molecule has 27 heavy (non-hydrogen) atoms. The number of aromatic nitrogens is 1. The molecule has 1 aromatic heterocycles. The fourth-order valence-corrected chi connectivity index (χ4v) is 3.82. The lowest BCUT2D eigenvalue weighted by Gasteiger charge is -2.17. The van der Waals surface area contributed by atoms with E-state index in [1.807, 2.05) is 30.3 Å². The molecule has 0 saturated carbocycles. The lowest BCUT2D eigenvalue weighted by atomic mass is 10.1. The summed E-state index contributed by atoms with van der Waals surface area (Å²) in [5.41, 5.74) is 2.13. The highest BCUT2D eigenvalue weighted by atomic mass is 32.2. The third-order valence-electron chi connectivity index (χ3n) is 4.38. The number of non-ortho nitro benzene ring substituents is 1. The number of benzene rings is 2. The van der Waals surface area contributed by atoms with E-state index in [-0.39, 0.29) is 11.6 Å². The number of nitrogens with zero attached hydrogens (tertiary/aromatic N) is 3. The molecule has 0 spiro atoms. The molecule has 2 aromatic carbocycles. The summed E-state index contributed by atoms with van der Waals surface area (Å²) < 4.78 is 0. The first-order chi connectivity index (χ1) is 13.1. The highest BCUT2D eigenvalue weighted by Gasteiger charge is 2.27. The van der Waals surface area contributed by atoms with Crippen LogP contribution in [0.25, 0.3) is 0 Å². The van der Waals surface area contributed by atoms with Gasteiger partial charge in [0.05, 0.1) is 10.6 Å². The quantitative estimate of drug-likeness (QED) is 0.499. The van der Waals surface area contributed by atoms with Gasteiger partial charge in [-0.3, -0.25) is 14.9 Å². The van der Waals surface area contributed by atoms with E-state index in [0.717, 1.165) is 15.5 Å². The Bertz CT molecular complexity index is 1010. The van der Waals surface area contributed by atoms with Gasteiger partial charge in [0.1, 0.15) is 5.03 Å². The Hall–Kier alpha value is -3.19. The van der Waals surface area contributed by atoms with Gasteiger partial charge >= 0.3 is 0 Å². The van der Waals surface area contributed by atoms with E-state index in [1.165, 1.54) is 23.9 Å². The minimum absolute atomic E-state index is 0.00411. The zero-order valence-electron chi connectivity index (χ0n) is 14.2. The number of hydrogen-bond donors (Lipinski definition) is 0. The maximum absolute atomic E-state index is 12.9. The van der Waals surface area contributed by atoms with E-state index < -0.39 is 4.92 Å². The van der Waals surface area contributed by atoms with Crippen molar-refractivity contribution in [1.82, 2.24) is 4.98 Å². The predicted molar refractivity (Wildman–Crippen MR) is 103 cm³/mol. The zero-order valence-corrected chi connectivity index (χ0v) is 15.1. The van der Waals surface area contributed by atoms with Crippen LogP contribution in [0.2, 0.25) is 0 Å². The first kappa shape index (κ1) is 17.2. The molecule has 1 amide bonds. The third-order valence-corrected chi connectivity index (χ3v) is 5.34. The van der Waals surface area contributed by atoms with E-state index >= 15 is 0 Å². The van der Waals surface area contributed by atoms with Gasteiger partial charge in [-0.2, -0.15) is 0 Å². The van der Waals surface area contributed by atoms with Crippen molar-refractivity contribution in [3.05, 3.63) is 88.1 Å². The molecule has 2 heterocycles. The van der Waals surface area contributed by atoms with Gasteiger partial charge < -0.3 is 4.90 Å². The van der Waals surface area contributed by atoms with E-state index in [2.05, 4.69) is 4.98 Å². The van der Waals surface area contributed by atoms with Crippen LogP contribution in [0.15, 0.2) is 76.8 Å². The van der Waals surface area contributed by atoms with Crippen LogP contribution in [0.1, 0.15) is 15.9 Å². The molecule has 4 rings (SSSR count). The van der Waals surface area contributed by atoms with Crippen molar-refractivity contribution in [1.29, 1.82) is 0 Å². The second kappa shape index (κ2) is 7.20. The monoisotopic (exact) mass is 377 g/mol. The third kappa shape index (κ3) is 3.54. The summed E-state index contributed by atoms with van der Waals surface area (Å²) in [7, 11) is 0. The molecule has 134 valence electrons. The van der Waals surface area contributed by atoms with Crippen LogP contribution >= 0.6 is 11.8 Å². The summed E-state index contributed by atoms with van der Waals surface area (Å²) in [6, 6.07) is 17.7. The van der Waals surface area contributed by atoms with Gasteiger partial charge in [-0.15, -0.1) is 0 Å². The number of amides is 1. The van der Waals surface area contributed by atoms with Gasteiger partial charge in [0, 0.05) is 35.3 Å². The highest BCUT2D eigenvalue weighted by Crippen LogP contribution is 2.33. The minimum atomic E-state index is -0.440. The van der Waals surface area contributed by atoms with Crippen molar-refractivity contribution in [3.8, 4) is 0 Å². The van der Waals surface area contributed by atoms with Crippen LogP contribution in [0.5, 0.6) is 0 Å². The van der Waals surface area contributed by atoms with Gasteiger partial charge in [0.15, 0.2) is 0 Å². The Balaban J connectivity index is 1.54. The Kier molecular flexibility index (Phi) is 4.60. The summed E-state index contributed by atoms with van der Waals surface area (Å²) in [6.07, 6.45) is 2.44. The molecule has 0 saturated heterocycles. The van der Waals surface area contributed by atoms with E-state index in [9.17, 15) is 14.9 Å². The first-order valence-corrected chi connectivity index (χ1v) is 9.21. The SMILES string of the molecule is O=C(c1ccc(Sc2ccccn2)cc1)N1CCc2ccc([N+](=O)[O-])cc21. The van der Waals surface area contributed by atoms with Crippen LogP contribution in [0.3, 0.4) is 0 Å². The minimum Gasteiger partial charge on any atom is -0.308 e. The molecule has 1 aliphatic heterocycles. The second-order valence-corrected chi connectivity index (χ2v) is 7.17. The van der Waals surface area contributed by atoms with Crippen molar-refractivity contribution in [2.24, 2.45) is 0 Å². The molecular formula is C20H15N3O3S. The molecule has 7 heteroatoms. The molecule has 0 aliphatic carbocycles.